The molecule has 2 aliphatic rings. The number of fused-ring (bicyclic) bond motifs is 1. The second-order valence-electron chi connectivity index (χ2n) is 4.53. The molecule has 1 aliphatic heterocycles. The molecule has 1 heterocycles. The number of hydrogen-bond donors (Lipinski definition) is 3. The van der Waals surface area contributed by atoms with Crippen LogP contribution in [0.3, 0.4) is 0 Å². The van der Waals surface area contributed by atoms with Crippen LogP contribution in [0.5, 0.6) is 5.75 Å². The Hall–Kier alpha value is -2.01. The van der Waals surface area contributed by atoms with E-state index < -0.39 is 17.7 Å². The monoisotopic (exact) mass is 247 g/mol. The van der Waals surface area contributed by atoms with Gasteiger partial charge in [0.1, 0.15) is 11.5 Å². The highest BCUT2D eigenvalue weighted by Gasteiger charge is 2.61. The van der Waals surface area contributed by atoms with Crippen molar-refractivity contribution < 1.29 is 19.7 Å². The minimum Gasteiger partial charge on any atom is -0.510 e. The van der Waals surface area contributed by atoms with Crippen molar-refractivity contribution in [3.63, 3.8) is 0 Å². The number of amides is 1. The third-order valence-electron chi connectivity index (χ3n) is 3.31. The summed E-state index contributed by atoms with van der Waals surface area (Å²) >= 11 is 0. The van der Waals surface area contributed by atoms with E-state index in [0.717, 1.165) is 0 Å². The van der Waals surface area contributed by atoms with E-state index in [1.165, 1.54) is 12.1 Å². The van der Waals surface area contributed by atoms with E-state index >= 15 is 0 Å². The van der Waals surface area contributed by atoms with E-state index in [2.05, 4.69) is 5.32 Å². The molecule has 0 spiro atoms. The lowest BCUT2D eigenvalue weighted by Crippen LogP contribution is -2.41. The smallest absolute Gasteiger partial charge is 0.257 e. The van der Waals surface area contributed by atoms with Crippen LogP contribution in [0.15, 0.2) is 36.1 Å². The van der Waals surface area contributed by atoms with Gasteiger partial charge in [-0.15, -0.1) is 0 Å². The van der Waals surface area contributed by atoms with E-state index in [9.17, 15) is 15.0 Å². The van der Waals surface area contributed by atoms with Gasteiger partial charge in [0.05, 0.1) is 5.56 Å². The largest absolute Gasteiger partial charge is 0.510 e. The summed E-state index contributed by atoms with van der Waals surface area (Å²) in [4.78, 5) is 12.0. The maximum Gasteiger partial charge on any atom is 0.257 e. The van der Waals surface area contributed by atoms with Gasteiger partial charge in [-0.05, 0) is 24.6 Å². The van der Waals surface area contributed by atoms with E-state index in [0.29, 0.717) is 12.8 Å². The molecule has 5 heteroatoms. The molecule has 3 N–H and O–H groups in total. The van der Waals surface area contributed by atoms with Crippen molar-refractivity contribution in [1.82, 2.24) is 5.32 Å². The van der Waals surface area contributed by atoms with Crippen LogP contribution < -0.4 is 5.32 Å². The molecule has 1 amide bonds. The molecular weight excluding hydrogens is 234 g/mol. The molecule has 1 saturated heterocycles. The first-order valence-corrected chi connectivity index (χ1v) is 5.80. The van der Waals surface area contributed by atoms with Gasteiger partial charge in [-0.1, -0.05) is 12.1 Å². The molecular formula is C13H13NO4. The molecule has 2 unspecified atom stereocenters. The molecule has 2 atom stereocenters. The molecule has 1 aromatic rings. The van der Waals surface area contributed by atoms with Gasteiger partial charge in [0.25, 0.3) is 5.91 Å². The van der Waals surface area contributed by atoms with Gasteiger partial charge in [-0.3, -0.25) is 4.79 Å². The fourth-order valence-electron chi connectivity index (χ4n) is 2.29. The Morgan fingerprint density at radius 2 is 2.17 bits per heavy atom. The van der Waals surface area contributed by atoms with Crippen molar-refractivity contribution in [3.8, 4) is 5.75 Å². The molecule has 1 fully saturated rings. The number of hydrogen-bond acceptors (Lipinski definition) is 4. The van der Waals surface area contributed by atoms with Gasteiger partial charge in [0, 0.05) is 6.42 Å². The maximum atomic E-state index is 12.0. The summed E-state index contributed by atoms with van der Waals surface area (Å²) in [5.74, 6) is -0.302. The molecule has 1 aliphatic carbocycles. The SMILES string of the molecule is O=C(NC12CCC=C(O)C1O2)c1ccccc1O. The number of phenols is 1. The third kappa shape index (κ3) is 1.64. The van der Waals surface area contributed by atoms with Crippen LogP contribution in [0.25, 0.3) is 0 Å². The zero-order chi connectivity index (χ0) is 12.8. The van der Waals surface area contributed by atoms with Crippen molar-refractivity contribution in [2.75, 3.05) is 0 Å². The molecule has 18 heavy (non-hydrogen) atoms. The van der Waals surface area contributed by atoms with Gasteiger partial charge in [-0.2, -0.15) is 0 Å². The van der Waals surface area contributed by atoms with Crippen LogP contribution in [0.4, 0.5) is 0 Å². The van der Waals surface area contributed by atoms with E-state index in [-0.39, 0.29) is 17.1 Å². The van der Waals surface area contributed by atoms with Crippen LogP contribution in [0.2, 0.25) is 0 Å². The minimum absolute atomic E-state index is 0.0702. The summed E-state index contributed by atoms with van der Waals surface area (Å²) in [6.07, 6.45) is 2.54. The Kier molecular flexibility index (Phi) is 2.31. The summed E-state index contributed by atoms with van der Waals surface area (Å²) in [7, 11) is 0. The summed E-state index contributed by atoms with van der Waals surface area (Å²) in [6.45, 7) is 0. The standard InChI is InChI=1S/C13H13NO4/c15-9-5-2-1-4-8(9)12(17)14-13-7-3-6-10(16)11(13)18-13/h1-2,4-6,11,15-16H,3,7H2,(H,14,17). The number of benzene rings is 1. The van der Waals surface area contributed by atoms with Gasteiger partial charge in [0.2, 0.25) is 0 Å². The fourth-order valence-corrected chi connectivity index (χ4v) is 2.29. The van der Waals surface area contributed by atoms with E-state index in [4.69, 9.17) is 4.74 Å². The predicted molar refractivity (Wildman–Crippen MR) is 63.1 cm³/mol. The first-order chi connectivity index (χ1) is 8.62. The molecule has 94 valence electrons. The normalized spacial score (nSPS) is 29.1. The van der Waals surface area contributed by atoms with Crippen LogP contribution in [0, 0.1) is 0 Å². The number of ether oxygens (including phenoxy) is 1. The highest BCUT2D eigenvalue weighted by Crippen LogP contribution is 2.45. The zero-order valence-electron chi connectivity index (χ0n) is 9.59. The average Bonchev–Trinajstić information content (AvgIpc) is 3.05. The summed E-state index contributed by atoms with van der Waals surface area (Å²) in [6, 6.07) is 6.32. The highest BCUT2D eigenvalue weighted by atomic mass is 16.6. The summed E-state index contributed by atoms with van der Waals surface area (Å²) in [5, 5.41) is 21.9. The number of rotatable bonds is 2. The van der Waals surface area contributed by atoms with Gasteiger partial charge < -0.3 is 20.3 Å². The zero-order valence-corrected chi connectivity index (χ0v) is 9.59. The number of carbonyl (C=O) groups is 1. The lowest BCUT2D eigenvalue weighted by atomic mass is 10.00. The molecule has 0 bridgehead atoms. The number of nitrogens with one attached hydrogen (secondary N) is 1. The van der Waals surface area contributed by atoms with Crippen molar-refractivity contribution >= 4 is 5.91 Å². The number of epoxide rings is 1. The lowest BCUT2D eigenvalue weighted by Gasteiger charge is -2.17. The topological polar surface area (TPSA) is 82.1 Å². The first-order valence-electron chi connectivity index (χ1n) is 5.80. The predicted octanol–water partition coefficient (Wildman–Crippen LogP) is 1.45. The molecule has 5 nitrogen and oxygen atoms in total. The van der Waals surface area contributed by atoms with Gasteiger partial charge >= 0.3 is 0 Å². The van der Waals surface area contributed by atoms with Crippen LogP contribution in [-0.4, -0.2) is 27.9 Å². The fraction of sp³-hybridized carbons (Fsp3) is 0.308. The van der Waals surface area contributed by atoms with Crippen molar-refractivity contribution in [2.45, 2.75) is 24.7 Å². The quantitative estimate of drug-likeness (QED) is 0.691. The second-order valence-corrected chi connectivity index (χ2v) is 4.53. The number of aliphatic hydroxyl groups is 1. The van der Waals surface area contributed by atoms with E-state index in [1.807, 2.05) is 0 Å². The molecule has 0 saturated carbocycles. The summed E-state index contributed by atoms with van der Waals surface area (Å²) in [5.41, 5.74) is -0.590. The Labute approximate surface area is 104 Å². The number of aliphatic hydroxyl groups excluding tert-OH is 1. The highest BCUT2D eigenvalue weighted by molar-refractivity contribution is 5.97. The first kappa shape index (κ1) is 11.1. The molecule has 0 aromatic heterocycles. The third-order valence-corrected chi connectivity index (χ3v) is 3.31. The van der Waals surface area contributed by atoms with Crippen molar-refractivity contribution in [1.29, 1.82) is 0 Å². The number of carbonyl (C=O) groups excluding carboxylic acids is 1. The Morgan fingerprint density at radius 3 is 2.94 bits per heavy atom. The second kappa shape index (κ2) is 3.74. The van der Waals surface area contributed by atoms with Gasteiger partial charge in [0.15, 0.2) is 11.8 Å². The van der Waals surface area contributed by atoms with Crippen molar-refractivity contribution in [3.05, 3.63) is 41.7 Å². The molecule has 3 rings (SSSR count). The van der Waals surface area contributed by atoms with E-state index in [1.54, 1.807) is 18.2 Å². The Morgan fingerprint density at radius 1 is 1.39 bits per heavy atom. The average molecular weight is 247 g/mol. The molecule has 1 aromatic carbocycles. The molecule has 0 radical (unpaired) electrons. The minimum atomic E-state index is -0.793. The Bertz CT molecular complexity index is 540. The summed E-state index contributed by atoms with van der Waals surface area (Å²) < 4.78 is 5.38. The number of allylic oxidation sites excluding steroid dienone is 1. The lowest BCUT2D eigenvalue weighted by molar-refractivity contribution is 0.0883. The van der Waals surface area contributed by atoms with Crippen LogP contribution in [-0.2, 0) is 4.74 Å². The van der Waals surface area contributed by atoms with Crippen molar-refractivity contribution in [2.24, 2.45) is 0 Å². The van der Waals surface area contributed by atoms with Gasteiger partial charge in [-0.25, -0.2) is 0 Å². The van der Waals surface area contributed by atoms with Crippen LogP contribution >= 0.6 is 0 Å². The Balaban J connectivity index is 1.77. The number of para-hydroxylation sites is 1. The maximum absolute atomic E-state index is 12.0. The van der Waals surface area contributed by atoms with Crippen LogP contribution in [0.1, 0.15) is 23.2 Å². The number of phenolic OH excluding ortho intramolecular Hbond substituents is 1. The number of aromatic hydroxyl groups is 1.